The van der Waals surface area contributed by atoms with Crippen LogP contribution in [0.1, 0.15) is 34.0 Å². The third-order valence-electron chi connectivity index (χ3n) is 5.93. The van der Waals surface area contributed by atoms with Gasteiger partial charge in [0.25, 0.3) is 5.91 Å². The summed E-state index contributed by atoms with van der Waals surface area (Å²) >= 11 is 1.47. The summed E-state index contributed by atoms with van der Waals surface area (Å²) in [4.78, 5) is 26.2. The van der Waals surface area contributed by atoms with Crippen LogP contribution >= 0.6 is 11.8 Å². The quantitative estimate of drug-likeness (QED) is 0.366. The van der Waals surface area contributed by atoms with Gasteiger partial charge in [-0.15, -0.1) is 0 Å². The van der Waals surface area contributed by atoms with Crippen molar-refractivity contribution in [1.29, 1.82) is 0 Å². The molecule has 0 aliphatic carbocycles. The van der Waals surface area contributed by atoms with Gasteiger partial charge in [0.05, 0.1) is 12.7 Å². The summed E-state index contributed by atoms with van der Waals surface area (Å²) in [5.74, 6) is 0.600. The Balaban J connectivity index is 1.53. The normalized spacial score (nSPS) is 14.6. The molecule has 2 aromatic carbocycles. The molecular weight excluding hydrogens is 446 g/mol. The molecule has 34 heavy (non-hydrogen) atoms. The van der Waals surface area contributed by atoms with Gasteiger partial charge < -0.3 is 19.9 Å². The van der Waals surface area contributed by atoms with E-state index >= 15 is 0 Å². The third-order valence-corrected chi connectivity index (χ3v) is 6.49. The highest BCUT2D eigenvalue weighted by atomic mass is 32.2. The summed E-state index contributed by atoms with van der Waals surface area (Å²) in [7, 11) is 3.91. The van der Waals surface area contributed by atoms with Gasteiger partial charge in [-0.05, 0) is 49.5 Å². The first-order valence-corrected chi connectivity index (χ1v) is 12.7. The molecule has 1 aliphatic rings. The lowest BCUT2D eigenvalue weighted by atomic mass is 10.1. The second-order valence-electron chi connectivity index (χ2n) is 8.24. The van der Waals surface area contributed by atoms with Crippen LogP contribution in [0.3, 0.4) is 0 Å². The summed E-state index contributed by atoms with van der Waals surface area (Å²) in [5.41, 5.74) is 3.58. The van der Waals surface area contributed by atoms with Crippen LogP contribution in [0.5, 0.6) is 0 Å². The number of carbonyl (C=O) groups excluding carboxylic acids is 1. The Bertz CT molecular complexity index is 1110. The Labute approximate surface area is 205 Å². The number of ether oxygens (including phenoxy) is 1. The van der Waals surface area contributed by atoms with Gasteiger partial charge in [0.2, 0.25) is 0 Å². The Morgan fingerprint density at radius 3 is 2.74 bits per heavy atom. The third kappa shape index (κ3) is 5.58. The summed E-state index contributed by atoms with van der Waals surface area (Å²) in [6.07, 6.45) is 4.46. The van der Waals surface area contributed by atoms with E-state index in [-0.39, 0.29) is 12.0 Å². The van der Waals surface area contributed by atoms with Gasteiger partial charge in [-0.3, -0.25) is 4.79 Å². The summed E-state index contributed by atoms with van der Waals surface area (Å²) in [5, 5.41) is 3.87. The minimum atomic E-state index is -0.0822. The Morgan fingerprint density at radius 2 is 1.97 bits per heavy atom. The van der Waals surface area contributed by atoms with Crippen molar-refractivity contribution in [3.63, 3.8) is 0 Å². The average molecular weight is 478 g/mol. The molecule has 2 heterocycles. The van der Waals surface area contributed by atoms with E-state index in [0.717, 1.165) is 24.2 Å². The van der Waals surface area contributed by atoms with Crippen LogP contribution in [0.4, 0.5) is 11.5 Å². The number of rotatable bonds is 9. The van der Waals surface area contributed by atoms with Gasteiger partial charge in [-0.25, -0.2) is 9.97 Å². The molecular formula is C26H31N5O2S. The first kappa shape index (κ1) is 24.2. The first-order valence-electron chi connectivity index (χ1n) is 11.4. The zero-order valence-electron chi connectivity index (χ0n) is 19.9. The smallest absolute Gasteiger partial charge is 0.263 e. The molecule has 7 nitrogen and oxygen atoms in total. The van der Waals surface area contributed by atoms with Crippen LogP contribution in [0.25, 0.3) is 0 Å². The fourth-order valence-electron chi connectivity index (χ4n) is 4.05. The number of fused-ring (bicyclic) bond motifs is 1. The lowest BCUT2D eigenvalue weighted by Crippen LogP contribution is -2.33. The van der Waals surface area contributed by atoms with Gasteiger partial charge in [0, 0.05) is 32.0 Å². The molecule has 0 unspecified atom stereocenters. The minimum Gasteiger partial charge on any atom is -0.369 e. The topological polar surface area (TPSA) is 70.6 Å². The number of anilines is 2. The molecule has 0 bridgehead atoms. The Hall–Kier alpha value is -2.94. The van der Waals surface area contributed by atoms with E-state index in [9.17, 15) is 4.79 Å². The van der Waals surface area contributed by atoms with Gasteiger partial charge in [0.15, 0.2) is 5.16 Å². The molecule has 1 N–H and O–H groups in total. The van der Waals surface area contributed by atoms with E-state index in [1.165, 1.54) is 17.3 Å². The van der Waals surface area contributed by atoms with E-state index in [1.807, 2.05) is 72.6 Å². The van der Waals surface area contributed by atoms with Gasteiger partial charge >= 0.3 is 0 Å². The van der Waals surface area contributed by atoms with E-state index in [4.69, 9.17) is 4.74 Å². The standard InChI is InChI=1S/C26H31N5O2S/c1-27-13-12-23(20-9-5-4-6-10-20)33-18-19-8-7-11-21(16-19)31-15-14-30(2)24-22(25(31)32)17-28-26(29-24)34-3/h4-11,16-17,23,27H,12-15,18H2,1-3H3/t23-/m1/s1. The predicted molar refractivity (Wildman–Crippen MR) is 138 cm³/mol. The van der Waals surface area contributed by atoms with Crippen molar-refractivity contribution in [1.82, 2.24) is 15.3 Å². The molecule has 1 amide bonds. The van der Waals surface area contributed by atoms with Crippen molar-refractivity contribution >= 4 is 29.2 Å². The highest BCUT2D eigenvalue weighted by Gasteiger charge is 2.28. The number of likely N-dealkylation sites (N-methyl/N-ethyl adjacent to an activating group) is 1. The van der Waals surface area contributed by atoms with Crippen LogP contribution in [-0.2, 0) is 11.3 Å². The number of nitrogens with one attached hydrogen (secondary N) is 1. The lowest BCUT2D eigenvalue weighted by molar-refractivity contribution is 0.0344. The van der Waals surface area contributed by atoms with E-state index in [0.29, 0.717) is 36.2 Å². The van der Waals surface area contributed by atoms with Crippen molar-refractivity contribution in [2.24, 2.45) is 0 Å². The van der Waals surface area contributed by atoms with Crippen LogP contribution < -0.4 is 15.1 Å². The van der Waals surface area contributed by atoms with Gasteiger partial charge in [-0.2, -0.15) is 0 Å². The first-order chi connectivity index (χ1) is 16.6. The van der Waals surface area contributed by atoms with E-state index in [2.05, 4.69) is 27.4 Å². The van der Waals surface area contributed by atoms with E-state index < -0.39 is 0 Å². The maximum absolute atomic E-state index is 13.4. The molecule has 8 heteroatoms. The molecule has 0 radical (unpaired) electrons. The van der Waals surface area contributed by atoms with Crippen LogP contribution in [0, 0.1) is 0 Å². The maximum Gasteiger partial charge on any atom is 0.263 e. The van der Waals surface area contributed by atoms with Gasteiger partial charge in [0.1, 0.15) is 11.4 Å². The average Bonchev–Trinajstić information content (AvgIpc) is 3.00. The summed E-state index contributed by atoms with van der Waals surface area (Å²) in [6, 6.07) is 18.3. The SMILES string of the molecule is CNCC[C@@H](OCc1cccc(N2CCN(C)c3nc(SC)ncc3C2=O)c1)c1ccccc1. The maximum atomic E-state index is 13.4. The monoisotopic (exact) mass is 477 g/mol. The molecule has 1 aliphatic heterocycles. The summed E-state index contributed by atoms with van der Waals surface area (Å²) in [6.45, 7) is 2.59. The summed E-state index contributed by atoms with van der Waals surface area (Å²) < 4.78 is 6.34. The van der Waals surface area contributed by atoms with Crippen molar-refractivity contribution in [3.8, 4) is 0 Å². The Morgan fingerprint density at radius 1 is 1.15 bits per heavy atom. The lowest BCUT2D eigenvalue weighted by Gasteiger charge is -2.22. The van der Waals surface area contributed by atoms with Crippen molar-refractivity contribution in [2.45, 2.75) is 24.3 Å². The molecule has 178 valence electrons. The van der Waals surface area contributed by atoms with Crippen molar-refractivity contribution < 1.29 is 9.53 Å². The molecule has 0 saturated heterocycles. The highest BCUT2D eigenvalue weighted by molar-refractivity contribution is 7.98. The number of thioether (sulfide) groups is 1. The molecule has 3 aromatic rings. The number of hydrogen-bond donors (Lipinski definition) is 1. The molecule has 1 aromatic heterocycles. The second kappa shape index (κ2) is 11.5. The molecule has 0 saturated carbocycles. The second-order valence-corrected chi connectivity index (χ2v) is 9.02. The van der Waals surface area contributed by atoms with Crippen LogP contribution in [0.15, 0.2) is 66.0 Å². The zero-order valence-corrected chi connectivity index (χ0v) is 20.7. The van der Waals surface area contributed by atoms with Crippen molar-refractivity contribution in [2.75, 3.05) is 49.8 Å². The van der Waals surface area contributed by atoms with Crippen molar-refractivity contribution in [3.05, 3.63) is 77.5 Å². The van der Waals surface area contributed by atoms with E-state index in [1.54, 1.807) is 6.20 Å². The predicted octanol–water partition coefficient (Wildman–Crippen LogP) is 4.16. The largest absolute Gasteiger partial charge is 0.369 e. The molecule has 0 fully saturated rings. The zero-order chi connectivity index (χ0) is 23.9. The number of aromatic nitrogens is 2. The number of carbonyl (C=O) groups is 1. The van der Waals surface area contributed by atoms with Gasteiger partial charge in [-0.1, -0.05) is 54.2 Å². The molecule has 0 spiro atoms. The number of benzene rings is 2. The fourth-order valence-corrected chi connectivity index (χ4v) is 4.38. The molecule has 1 atom stereocenters. The number of nitrogens with zero attached hydrogens (tertiary/aromatic N) is 4. The minimum absolute atomic E-state index is 0.000399. The van der Waals surface area contributed by atoms with Crippen LogP contribution in [-0.4, -0.2) is 55.9 Å². The molecule has 4 rings (SSSR count). The number of hydrogen-bond acceptors (Lipinski definition) is 7. The highest BCUT2D eigenvalue weighted by Crippen LogP contribution is 2.28. The van der Waals surface area contributed by atoms with Crippen LogP contribution in [0.2, 0.25) is 0 Å². The Kier molecular flexibility index (Phi) is 8.16. The number of amides is 1. The fraction of sp³-hybridized carbons (Fsp3) is 0.346.